The van der Waals surface area contributed by atoms with E-state index in [1.165, 1.54) is 12.1 Å². The molecule has 2 heterocycles. The van der Waals surface area contributed by atoms with E-state index in [1.54, 1.807) is 6.92 Å². The number of hydrogen-bond acceptors (Lipinski definition) is 3. The topological polar surface area (TPSA) is 59.3 Å². The van der Waals surface area contributed by atoms with Crippen molar-refractivity contribution in [1.29, 1.82) is 0 Å². The van der Waals surface area contributed by atoms with Gasteiger partial charge < -0.3 is 0 Å². The first kappa shape index (κ1) is 18.0. The lowest BCUT2D eigenvalue weighted by atomic mass is 9.91. The van der Waals surface area contributed by atoms with Crippen LogP contribution in [0.3, 0.4) is 0 Å². The second-order valence-electron chi connectivity index (χ2n) is 5.88. The van der Waals surface area contributed by atoms with Gasteiger partial charge in [-0.05, 0) is 17.2 Å². The number of halogens is 5. The minimum Gasteiger partial charge on any atom is -0.273 e. The number of hydrazone groups is 1. The Hall–Kier alpha value is -2.78. The molecule has 0 saturated carbocycles. The lowest BCUT2D eigenvalue weighted by molar-refractivity contribution is -0.137. The zero-order valence-electron chi connectivity index (χ0n) is 13.4. The second kappa shape index (κ2) is 6.50. The summed E-state index contributed by atoms with van der Waals surface area (Å²) in [5.41, 5.74) is 1.45. The Morgan fingerprint density at radius 1 is 1.27 bits per heavy atom. The van der Waals surface area contributed by atoms with Crippen molar-refractivity contribution < 1.29 is 26.7 Å². The molecule has 26 heavy (non-hydrogen) atoms. The zero-order valence-corrected chi connectivity index (χ0v) is 13.4. The maximum absolute atomic E-state index is 13.5. The maximum Gasteiger partial charge on any atom is 0.417 e. The third-order valence-corrected chi connectivity index (χ3v) is 3.99. The summed E-state index contributed by atoms with van der Waals surface area (Å²) in [4.78, 5) is 11.3. The van der Waals surface area contributed by atoms with Gasteiger partial charge in [0.1, 0.15) is 0 Å². The van der Waals surface area contributed by atoms with Gasteiger partial charge >= 0.3 is 12.7 Å². The number of nitrogens with zero attached hydrogens (tertiary/aromatic N) is 3. The van der Waals surface area contributed by atoms with E-state index >= 15 is 0 Å². The molecule has 1 aromatic heterocycles. The monoisotopic (exact) mass is 372 g/mol. The van der Waals surface area contributed by atoms with Crippen LogP contribution in [0.15, 0.2) is 35.7 Å². The third kappa shape index (κ3) is 3.44. The standard InChI is InChI=1S/C16H13F5N4O/c1-8-4-13(26)23-24-14(8)9-2-3-11(12(5-9)16(19,20)21)10-6-22-25(7-10)15(17)18/h2-3,5-8,15H,4H2,1H3,(H,23,26)/t8-/m0/s1. The molecule has 0 bridgehead atoms. The zero-order chi connectivity index (χ0) is 19.1. The molecule has 1 amide bonds. The number of amides is 1. The molecular weight excluding hydrogens is 359 g/mol. The fraction of sp³-hybridized carbons (Fsp3) is 0.312. The predicted octanol–water partition coefficient (Wildman–Crippen LogP) is 3.82. The van der Waals surface area contributed by atoms with Crippen LogP contribution in [0.5, 0.6) is 0 Å². The SMILES string of the molecule is C[C@H]1CC(=O)NN=C1c1ccc(-c2cnn(C(F)F)c2)c(C(F)(F)F)c1. The average Bonchev–Trinajstić information content (AvgIpc) is 3.04. The van der Waals surface area contributed by atoms with Crippen molar-refractivity contribution in [1.82, 2.24) is 15.2 Å². The summed E-state index contributed by atoms with van der Waals surface area (Å²) >= 11 is 0. The molecule has 3 rings (SSSR count). The van der Waals surface area contributed by atoms with Crippen molar-refractivity contribution in [2.24, 2.45) is 11.0 Å². The summed E-state index contributed by atoms with van der Waals surface area (Å²) in [6.07, 6.45) is -2.78. The second-order valence-corrected chi connectivity index (χ2v) is 5.88. The van der Waals surface area contributed by atoms with Gasteiger partial charge in [0.05, 0.1) is 17.5 Å². The summed E-state index contributed by atoms with van der Waals surface area (Å²) in [7, 11) is 0. The molecule has 0 unspecified atom stereocenters. The smallest absolute Gasteiger partial charge is 0.273 e. The van der Waals surface area contributed by atoms with E-state index in [-0.39, 0.29) is 39.6 Å². The molecular formula is C16H13F5N4O. The number of benzene rings is 1. The summed E-state index contributed by atoms with van der Waals surface area (Å²) in [5.74, 6) is -0.661. The first-order chi connectivity index (χ1) is 12.2. The molecule has 1 atom stereocenters. The fourth-order valence-electron chi connectivity index (χ4n) is 2.78. The van der Waals surface area contributed by atoms with Gasteiger partial charge in [0.15, 0.2) is 0 Å². The predicted molar refractivity (Wildman–Crippen MR) is 82.4 cm³/mol. The Balaban J connectivity index is 2.08. The fourth-order valence-corrected chi connectivity index (χ4v) is 2.78. The molecule has 10 heteroatoms. The van der Waals surface area contributed by atoms with Crippen molar-refractivity contribution in [3.63, 3.8) is 0 Å². The van der Waals surface area contributed by atoms with Crippen LogP contribution in [0.1, 0.15) is 31.0 Å². The Bertz CT molecular complexity index is 872. The van der Waals surface area contributed by atoms with Crippen molar-refractivity contribution in [2.75, 3.05) is 0 Å². The van der Waals surface area contributed by atoms with Crippen LogP contribution in [0.2, 0.25) is 0 Å². The number of alkyl halides is 5. The number of nitrogens with one attached hydrogen (secondary N) is 1. The van der Waals surface area contributed by atoms with Gasteiger partial charge in [-0.1, -0.05) is 19.1 Å². The first-order valence-corrected chi connectivity index (χ1v) is 7.57. The van der Waals surface area contributed by atoms with E-state index < -0.39 is 18.3 Å². The Morgan fingerprint density at radius 2 is 2.00 bits per heavy atom. The Kier molecular flexibility index (Phi) is 4.51. The van der Waals surface area contributed by atoms with Crippen molar-refractivity contribution in [2.45, 2.75) is 26.1 Å². The molecule has 0 spiro atoms. The van der Waals surface area contributed by atoms with Gasteiger partial charge in [0, 0.05) is 24.1 Å². The van der Waals surface area contributed by atoms with E-state index in [4.69, 9.17) is 0 Å². The molecule has 0 aliphatic carbocycles. The molecule has 1 N–H and O–H groups in total. The summed E-state index contributed by atoms with van der Waals surface area (Å²) in [6, 6.07) is 3.51. The van der Waals surface area contributed by atoms with Gasteiger partial charge in [-0.2, -0.15) is 32.2 Å². The molecule has 0 radical (unpaired) electrons. The van der Waals surface area contributed by atoms with E-state index in [0.29, 0.717) is 5.71 Å². The Morgan fingerprint density at radius 3 is 2.58 bits per heavy atom. The van der Waals surface area contributed by atoms with Gasteiger partial charge in [0.25, 0.3) is 0 Å². The largest absolute Gasteiger partial charge is 0.417 e. The van der Waals surface area contributed by atoms with E-state index in [9.17, 15) is 26.7 Å². The average molecular weight is 372 g/mol. The number of rotatable bonds is 3. The molecule has 5 nitrogen and oxygen atoms in total. The third-order valence-electron chi connectivity index (χ3n) is 3.99. The molecule has 1 aliphatic heterocycles. The van der Waals surface area contributed by atoms with Crippen LogP contribution < -0.4 is 5.43 Å². The van der Waals surface area contributed by atoms with E-state index in [1.807, 2.05) is 0 Å². The highest BCUT2D eigenvalue weighted by molar-refractivity contribution is 6.06. The Labute approximate surface area is 144 Å². The minimum absolute atomic E-state index is 0.0730. The van der Waals surface area contributed by atoms with Gasteiger partial charge in [-0.25, -0.2) is 10.1 Å². The van der Waals surface area contributed by atoms with Crippen LogP contribution in [-0.4, -0.2) is 21.4 Å². The normalized spacial score (nSPS) is 18.0. The van der Waals surface area contributed by atoms with Gasteiger partial charge in [-0.3, -0.25) is 4.79 Å². The van der Waals surface area contributed by atoms with Crippen LogP contribution in [0.4, 0.5) is 22.0 Å². The number of aromatic nitrogens is 2. The maximum atomic E-state index is 13.5. The highest BCUT2D eigenvalue weighted by Crippen LogP contribution is 2.38. The number of hydrogen-bond donors (Lipinski definition) is 1. The van der Waals surface area contributed by atoms with Crippen molar-refractivity contribution in [3.8, 4) is 11.1 Å². The molecule has 1 aromatic carbocycles. The summed E-state index contributed by atoms with van der Waals surface area (Å²) in [6.45, 7) is -1.26. The van der Waals surface area contributed by atoms with Crippen LogP contribution in [-0.2, 0) is 11.0 Å². The lowest BCUT2D eigenvalue weighted by Gasteiger charge is -2.21. The van der Waals surface area contributed by atoms with Crippen molar-refractivity contribution >= 4 is 11.6 Å². The number of carbonyl (C=O) groups is 1. The first-order valence-electron chi connectivity index (χ1n) is 7.57. The molecule has 2 aromatic rings. The van der Waals surface area contributed by atoms with E-state index in [2.05, 4.69) is 15.6 Å². The molecule has 0 saturated heterocycles. The van der Waals surface area contributed by atoms with Crippen LogP contribution >= 0.6 is 0 Å². The highest BCUT2D eigenvalue weighted by Gasteiger charge is 2.35. The van der Waals surface area contributed by atoms with Crippen LogP contribution in [0, 0.1) is 5.92 Å². The summed E-state index contributed by atoms with van der Waals surface area (Å²) < 4.78 is 66.1. The number of carbonyl (C=O) groups excluding carboxylic acids is 1. The highest BCUT2D eigenvalue weighted by atomic mass is 19.4. The van der Waals surface area contributed by atoms with Crippen LogP contribution in [0.25, 0.3) is 11.1 Å². The molecule has 1 aliphatic rings. The van der Waals surface area contributed by atoms with E-state index in [0.717, 1.165) is 18.5 Å². The quantitative estimate of drug-likeness (QED) is 0.833. The van der Waals surface area contributed by atoms with Gasteiger partial charge in [0.2, 0.25) is 5.91 Å². The minimum atomic E-state index is -4.71. The molecule has 138 valence electrons. The lowest BCUT2D eigenvalue weighted by Crippen LogP contribution is -2.32. The molecule has 0 fully saturated rings. The van der Waals surface area contributed by atoms with Gasteiger partial charge in [-0.15, -0.1) is 0 Å². The summed E-state index contributed by atoms with van der Waals surface area (Å²) in [5, 5.41) is 7.22. The van der Waals surface area contributed by atoms with Crippen molar-refractivity contribution in [3.05, 3.63) is 41.7 Å².